The van der Waals surface area contributed by atoms with Gasteiger partial charge >= 0.3 is 0 Å². The van der Waals surface area contributed by atoms with Crippen LogP contribution in [0.2, 0.25) is 0 Å². The van der Waals surface area contributed by atoms with E-state index < -0.39 is 113 Å². The molecule has 0 spiro atoms. The highest BCUT2D eigenvalue weighted by molar-refractivity contribution is 5.97. The summed E-state index contributed by atoms with van der Waals surface area (Å²) in [7, 11) is 0. The van der Waals surface area contributed by atoms with Gasteiger partial charge < -0.3 is 80.5 Å². The predicted octanol–water partition coefficient (Wildman–Crippen LogP) is -2.52. The predicted molar refractivity (Wildman–Crippen MR) is 293 cm³/mol. The van der Waals surface area contributed by atoms with Gasteiger partial charge in [0.15, 0.2) is 0 Å². The maximum absolute atomic E-state index is 14.2. The number of aromatic hydroxyl groups is 1. The summed E-state index contributed by atoms with van der Waals surface area (Å²) >= 11 is 0. The molecule has 0 aliphatic carbocycles. The van der Waals surface area contributed by atoms with E-state index >= 15 is 0 Å². The van der Waals surface area contributed by atoms with Crippen LogP contribution in [-0.4, -0.2) is 141 Å². The number of amides is 10. The normalized spacial score (nSPS) is 14.1. The summed E-state index contributed by atoms with van der Waals surface area (Å²) in [6.45, 7) is 4.16. The van der Waals surface area contributed by atoms with Gasteiger partial charge in [0.05, 0.1) is 12.4 Å². The van der Waals surface area contributed by atoms with Crippen molar-refractivity contribution < 1.29 is 53.1 Å². The number of phenolic OH excluding ortho intramolecular Hbond substituents is 1. The minimum Gasteiger partial charge on any atom is -0.508 e. The first-order valence-corrected chi connectivity index (χ1v) is 25.9. The van der Waals surface area contributed by atoms with Crippen molar-refractivity contribution in [1.82, 2.24) is 57.5 Å². The molecule has 2 aromatic heterocycles. The first-order chi connectivity index (χ1) is 38.1. The number of primary amides is 2. The van der Waals surface area contributed by atoms with Crippen LogP contribution in [0.5, 0.6) is 5.75 Å². The number of phenols is 1. The third-order valence-electron chi connectivity index (χ3n) is 12.8. The Labute approximate surface area is 460 Å². The molecule has 428 valence electrons. The Hall–Kier alpha value is -9.17. The van der Waals surface area contributed by atoms with E-state index in [0.29, 0.717) is 22.4 Å². The van der Waals surface area contributed by atoms with Crippen molar-refractivity contribution in [3.05, 3.63) is 120 Å². The SMILES string of the molecule is CC(C)[C@H](NC(=O)[C@H](C)NC(=O)[C@H](Cc1c[nH]c2ccccc12)NC(=O)[C@H](CCC(N)=O)NC(=O)[C@H](N)Cc1ccc(O)cc1)C(=O)NCCC(=O)N[C@@H](Cc1cnc[nH]1)C(=O)N[C@@H](Cc1ccccc1)C(=O)NCC(N)C(N)=O. The van der Waals surface area contributed by atoms with Crippen molar-refractivity contribution in [3.63, 3.8) is 0 Å². The molecule has 80 heavy (non-hydrogen) atoms. The van der Waals surface area contributed by atoms with Crippen molar-refractivity contribution in [1.29, 1.82) is 0 Å². The lowest BCUT2D eigenvalue weighted by Gasteiger charge is -2.26. The maximum atomic E-state index is 14.2. The summed E-state index contributed by atoms with van der Waals surface area (Å²) in [4.78, 5) is 143. The summed E-state index contributed by atoms with van der Waals surface area (Å²) < 4.78 is 0. The van der Waals surface area contributed by atoms with Crippen molar-refractivity contribution in [2.24, 2.45) is 28.9 Å². The van der Waals surface area contributed by atoms with E-state index in [1.165, 1.54) is 31.6 Å². The van der Waals surface area contributed by atoms with Crippen LogP contribution in [0.4, 0.5) is 0 Å². The molecule has 0 aliphatic heterocycles. The van der Waals surface area contributed by atoms with Gasteiger partial charge in [-0.25, -0.2) is 4.98 Å². The average molecular weight is 1110 g/mol. The second kappa shape index (κ2) is 30.1. The Bertz CT molecular complexity index is 2930. The van der Waals surface area contributed by atoms with Gasteiger partial charge in [-0.15, -0.1) is 0 Å². The molecule has 1 unspecified atom stereocenters. The Morgan fingerprint density at radius 1 is 0.575 bits per heavy atom. The zero-order valence-electron chi connectivity index (χ0n) is 44.6. The first-order valence-electron chi connectivity index (χ1n) is 25.9. The highest BCUT2D eigenvalue weighted by Crippen LogP contribution is 2.20. The molecular formula is C54H71N15O11. The molecule has 26 nitrogen and oxygen atoms in total. The Balaban J connectivity index is 1.22. The molecule has 2 heterocycles. The largest absolute Gasteiger partial charge is 0.508 e. The number of aromatic nitrogens is 3. The van der Waals surface area contributed by atoms with Gasteiger partial charge in [-0.3, -0.25) is 47.9 Å². The fourth-order valence-corrected chi connectivity index (χ4v) is 8.27. The molecular weight excluding hydrogens is 1030 g/mol. The van der Waals surface area contributed by atoms with Crippen LogP contribution in [0.15, 0.2) is 97.6 Å². The van der Waals surface area contributed by atoms with Crippen molar-refractivity contribution in [3.8, 4) is 5.75 Å². The number of para-hydroxylation sites is 1. The lowest BCUT2D eigenvalue weighted by Crippen LogP contribution is -2.59. The van der Waals surface area contributed by atoms with Crippen molar-refractivity contribution in [2.45, 2.75) is 114 Å². The third kappa shape index (κ3) is 19.4. The van der Waals surface area contributed by atoms with E-state index in [1.807, 2.05) is 18.2 Å². The number of fused-ring (bicyclic) bond motifs is 1. The van der Waals surface area contributed by atoms with E-state index in [9.17, 15) is 53.1 Å². The van der Waals surface area contributed by atoms with E-state index in [1.54, 1.807) is 68.6 Å². The summed E-state index contributed by atoms with van der Waals surface area (Å²) in [5.41, 5.74) is 25.7. The molecule has 0 aliphatic rings. The number of carbonyl (C=O) groups is 10. The van der Waals surface area contributed by atoms with E-state index in [2.05, 4.69) is 57.5 Å². The minimum atomic E-state index is -1.38. The molecule has 0 bridgehead atoms. The molecule has 5 aromatic rings. The van der Waals surface area contributed by atoms with Gasteiger partial charge in [0.2, 0.25) is 59.1 Å². The van der Waals surface area contributed by atoms with Gasteiger partial charge in [0.1, 0.15) is 48.0 Å². The van der Waals surface area contributed by atoms with Crippen LogP contribution in [0.25, 0.3) is 10.9 Å². The molecule has 3 aromatic carbocycles. The zero-order chi connectivity index (χ0) is 58.5. The molecule has 10 amide bonds. The summed E-state index contributed by atoms with van der Waals surface area (Å²) in [6.07, 6.45) is 3.51. The fraction of sp³-hybridized carbons (Fsp3) is 0.389. The molecule has 0 fully saturated rings. The standard InChI is InChI=1S/C54H71N15O11/c1-29(2)46(54(80)60-20-19-45(72)65-43(24-34-26-59-28-63-34)53(79)67-41(22-31-9-5-4-6-10-31)50(76)62-27-38(56)47(58)73)69-48(74)30(3)64-52(78)42(23-33-25-61-39-12-8-7-11-36(33)39)68-51(77)40(17-18-44(57)71)66-49(75)37(55)21-32-13-15-35(70)16-14-32/h4-16,25-26,28-30,37-38,40-43,46,61,70H,17-24,27,55-56H2,1-3H3,(H2,57,71)(H2,58,73)(H,59,63)(H,60,80)(H,62,76)(H,64,78)(H,65,72)(H,66,75)(H,67,79)(H,68,77)(H,69,74)/t30-,37+,38?,40-,41-,42-,43-,46-/m0/s1. The van der Waals surface area contributed by atoms with Gasteiger partial charge in [-0.05, 0) is 60.6 Å². The lowest BCUT2D eigenvalue weighted by atomic mass is 10.0. The van der Waals surface area contributed by atoms with Gasteiger partial charge in [0.25, 0.3) is 0 Å². The highest BCUT2D eigenvalue weighted by Gasteiger charge is 2.33. The van der Waals surface area contributed by atoms with Crippen LogP contribution in [-0.2, 0) is 73.6 Å². The minimum absolute atomic E-state index is 0.0143. The fourth-order valence-electron chi connectivity index (χ4n) is 8.27. The van der Waals surface area contributed by atoms with Gasteiger partial charge in [-0.1, -0.05) is 74.5 Å². The first kappa shape index (κ1) is 61.7. The molecule has 0 saturated heterocycles. The monoisotopic (exact) mass is 1110 g/mol. The Morgan fingerprint density at radius 2 is 1.19 bits per heavy atom. The smallest absolute Gasteiger partial charge is 0.243 e. The Kier molecular flexibility index (Phi) is 23.2. The number of imidazole rings is 1. The van der Waals surface area contributed by atoms with Crippen molar-refractivity contribution in [2.75, 3.05) is 13.1 Å². The number of rotatable bonds is 31. The molecule has 8 atom stereocenters. The Morgan fingerprint density at radius 3 is 1.84 bits per heavy atom. The number of carbonyl (C=O) groups excluding carboxylic acids is 10. The van der Waals surface area contributed by atoms with Crippen LogP contribution in [0, 0.1) is 5.92 Å². The third-order valence-corrected chi connectivity index (χ3v) is 12.8. The molecule has 19 N–H and O–H groups in total. The molecule has 5 rings (SSSR count). The quantitative estimate of drug-likeness (QED) is 0.0218. The molecule has 26 heteroatoms. The van der Waals surface area contributed by atoms with E-state index in [0.717, 1.165) is 10.9 Å². The van der Waals surface area contributed by atoms with E-state index in [4.69, 9.17) is 22.9 Å². The second-order valence-corrected chi connectivity index (χ2v) is 19.6. The summed E-state index contributed by atoms with van der Waals surface area (Å²) in [5.74, 6) is -8.02. The lowest BCUT2D eigenvalue weighted by molar-refractivity contribution is -0.135. The van der Waals surface area contributed by atoms with Gasteiger partial charge in [0, 0.05) is 74.2 Å². The average Bonchev–Trinajstić information content (AvgIpc) is 4.10. The highest BCUT2D eigenvalue weighted by atomic mass is 16.3. The van der Waals surface area contributed by atoms with Crippen molar-refractivity contribution >= 4 is 70.0 Å². The van der Waals surface area contributed by atoms with Crippen LogP contribution in [0.3, 0.4) is 0 Å². The number of nitrogens with zero attached hydrogens (tertiary/aromatic N) is 1. The topological polar surface area (TPSA) is 436 Å². The second-order valence-electron chi connectivity index (χ2n) is 19.6. The number of aromatic amines is 2. The molecule has 0 saturated carbocycles. The number of benzene rings is 3. The van der Waals surface area contributed by atoms with E-state index in [-0.39, 0.29) is 63.8 Å². The molecule has 0 radical (unpaired) electrons. The maximum Gasteiger partial charge on any atom is 0.243 e. The summed E-state index contributed by atoms with van der Waals surface area (Å²) in [6, 6.07) is 12.1. The number of hydrogen-bond acceptors (Lipinski definition) is 14. The van der Waals surface area contributed by atoms with Crippen LogP contribution in [0.1, 0.15) is 62.4 Å². The van der Waals surface area contributed by atoms with Crippen LogP contribution >= 0.6 is 0 Å². The number of hydrogen-bond donors (Lipinski definition) is 15. The number of nitrogens with two attached hydrogens (primary N) is 4. The van der Waals surface area contributed by atoms with Gasteiger partial charge in [-0.2, -0.15) is 0 Å². The number of nitrogens with one attached hydrogen (secondary N) is 10. The number of H-pyrrole nitrogens is 2. The van der Waals surface area contributed by atoms with Crippen LogP contribution < -0.4 is 65.5 Å². The summed E-state index contributed by atoms with van der Waals surface area (Å²) in [5, 5.41) is 31.4. The zero-order valence-corrected chi connectivity index (χ0v) is 44.6.